The molecule has 28 heavy (non-hydrogen) atoms. The lowest BCUT2D eigenvalue weighted by Gasteiger charge is -2.32. The topological polar surface area (TPSA) is 58.6 Å². The van der Waals surface area contributed by atoms with Crippen molar-refractivity contribution in [3.63, 3.8) is 0 Å². The number of carbonyl (C=O) groups is 2. The van der Waals surface area contributed by atoms with Crippen molar-refractivity contribution >= 4 is 27.8 Å². The molecular weight excluding hydrogens is 420 g/mol. The molecule has 0 aromatic heterocycles. The zero-order valence-corrected chi connectivity index (χ0v) is 17.4. The molecule has 148 valence electrons. The third-order valence-corrected chi connectivity index (χ3v) is 5.36. The number of esters is 1. The second-order valence-corrected chi connectivity index (χ2v) is 7.98. The van der Waals surface area contributed by atoms with E-state index in [9.17, 15) is 9.59 Å². The van der Waals surface area contributed by atoms with Gasteiger partial charge in [-0.05, 0) is 36.1 Å². The fourth-order valence-electron chi connectivity index (χ4n) is 3.31. The van der Waals surface area contributed by atoms with Crippen LogP contribution in [-0.4, -0.2) is 42.5 Å². The molecule has 2 aromatic rings. The molecule has 0 radical (unpaired) electrons. The normalized spacial score (nSPS) is 15.2. The van der Waals surface area contributed by atoms with Crippen LogP contribution < -0.4 is 5.32 Å². The van der Waals surface area contributed by atoms with Crippen molar-refractivity contribution < 1.29 is 14.3 Å². The van der Waals surface area contributed by atoms with Gasteiger partial charge in [-0.3, -0.25) is 14.5 Å². The van der Waals surface area contributed by atoms with Gasteiger partial charge >= 0.3 is 5.97 Å². The number of hydrogen-bond donors (Lipinski definition) is 1. The number of hydrogen-bond acceptors (Lipinski definition) is 4. The molecular formula is C22H25BrN2O3. The number of piperidine rings is 1. The van der Waals surface area contributed by atoms with Crippen molar-refractivity contribution in [1.82, 2.24) is 10.2 Å². The average molecular weight is 445 g/mol. The number of nitrogens with one attached hydrogen (secondary N) is 1. The number of nitrogens with zero attached hydrogens (tertiary/aromatic N) is 1. The highest BCUT2D eigenvalue weighted by Crippen LogP contribution is 2.14. The summed E-state index contributed by atoms with van der Waals surface area (Å²) >= 11 is 3.36. The maximum Gasteiger partial charge on any atom is 0.310 e. The number of likely N-dealkylation sites (tertiary alicyclic amines) is 1. The van der Waals surface area contributed by atoms with Gasteiger partial charge in [-0.25, -0.2) is 0 Å². The van der Waals surface area contributed by atoms with E-state index in [1.165, 1.54) is 5.56 Å². The quantitative estimate of drug-likeness (QED) is 0.665. The summed E-state index contributed by atoms with van der Waals surface area (Å²) < 4.78 is 6.06. The molecule has 1 aliphatic heterocycles. The van der Waals surface area contributed by atoms with E-state index >= 15 is 0 Å². The molecule has 0 spiro atoms. The highest BCUT2D eigenvalue weighted by Gasteiger charge is 2.21. The minimum Gasteiger partial charge on any atom is -0.455 e. The molecule has 1 aliphatic rings. The van der Waals surface area contributed by atoms with E-state index in [-0.39, 0.29) is 25.0 Å². The van der Waals surface area contributed by atoms with Crippen LogP contribution in [0.2, 0.25) is 0 Å². The van der Waals surface area contributed by atoms with E-state index in [0.29, 0.717) is 0 Å². The van der Waals surface area contributed by atoms with Gasteiger partial charge < -0.3 is 10.1 Å². The largest absolute Gasteiger partial charge is 0.455 e. The van der Waals surface area contributed by atoms with Gasteiger partial charge in [0.1, 0.15) is 0 Å². The minimum absolute atomic E-state index is 0.143. The predicted octanol–water partition coefficient (Wildman–Crippen LogP) is 3.32. The van der Waals surface area contributed by atoms with E-state index < -0.39 is 5.97 Å². The summed E-state index contributed by atoms with van der Waals surface area (Å²) in [5, 5.41) is 2.98. The van der Waals surface area contributed by atoms with Gasteiger partial charge in [0.05, 0.1) is 6.42 Å². The second-order valence-electron chi connectivity index (χ2n) is 7.07. The summed E-state index contributed by atoms with van der Waals surface area (Å²) in [5.74, 6) is -0.624. The van der Waals surface area contributed by atoms with Crippen molar-refractivity contribution in [2.75, 3.05) is 19.7 Å². The predicted molar refractivity (Wildman–Crippen MR) is 112 cm³/mol. The Balaban J connectivity index is 1.33. The SMILES string of the molecule is O=C(COC(=O)Cc1ccc(Br)cc1)NC1CCN(Cc2ccccc2)CC1. The number of benzene rings is 2. The first-order valence-electron chi connectivity index (χ1n) is 9.54. The van der Waals surface area contributed by atoms with Crippen LogP contribution in [0.25, 0.3) is 0 Å². The van der Waals surface area contributed by atoms with Crippen molar-refractivity contribution in [2.24, 2.45) is 0 Å². The van der Waals surface area contributed by atoms with Crippen LogP contribution in [0, 0.1) is 0 Å². The minimum atomic E-state index is -0.393. The highest BCUT2D eigenvalue weighted by atomic mass is 79.9. The number of amides is 1. The first-order chi connectivity index (χ1) is 13.6. The van der Waals surface area contributed by atoms with Crippen LogP contribution in [0.1, 0.15) is 24.0 Å². The van der Waals surface area contributed by atoms with Gasteiger partial charge in [-0.15, -0.1) is 0 Å². The molecule has 1 fully saturated rings. The molecule has 0 unspecified atom stereocenters. The van der Waals surface area contributed by atoms with E-state index in [0.717, 1.165) is 42.5 Å². The van der Waals surface area contributed by atoms with Crippen molar-refractivity contribution in [1.29, 1.82) is 0 Å². The van der Waals surface area contributed by atoms with E-state index in [4.69, 9.17) is 4.74 Å². The molecule has 1 saturated heterocycles. The third-order valence-electron chi connectivity index (χ3n) is 4.83. The number of carbonyl (C=O) groups excluding carboxylic acids is 2. The Morgan fingerprint density at radius 1 is 1.00 bits per heavy atom. The molecule has 5 nitrogen and oxygen atoms in total. The van der Waals surface area contributed by atoms with Crippen LogP contribution in [0.3, 0.4) is 0 Å². The van der Waals surface area contributed by atoms with Crippen LogP contribution in [-0.2, 0) is 27.3 Å². The Labute approximate surface area is 174 Å². The van der Waals surface area contributed by atoms with E-state index in [1.807, 2.05) is 30.3 Å². The first-order valence-corrected chi connectivity index (χ1v) is 10.3. The second kappa shape index (κ2) is 10.4. The Hall–Kier alpha value is -2.18. The molecule has 0 bridgehead atoms. The lowest BCUT2D eigenvalue weighted by Crippen LogP contribution is -2.45. The van der Waals surface area contributed by atoms with Gasteiger partial charge in [-0.1, -0.05) is 58.4 Å². The summed E-state index contributed by atoms with van der Waals surface area (Å²) in [6.45, 7) is 2.61. The maximum atomic E-state index is 12.1. The smallest absolute Gasteiger partial charge is 0.310 e. The lowest BCUT2D eigenvalue weighted by molar-refractivity contribution is -0.148. The summed E-state index contributed by atoms with van der Waals surface area (Å²) in [5.41, 5.74) is 2.17. The Kier molecular flexibility index (Phi) is 7.62. The molecule has 3 rings (SSSR count). The Morgan fingerprint density at radius 2 is 1.68 bits per heavy atom. The standard InChI is InChI=1S/C22H25BrN2O3/c23-19-8-6-17(7-9-19)14-22(27)28-16-21(26)24-20-10-12-25(13-11-20)15-18-4-2-1-3-5-18/h1-9,20H,10-16H2,(H,24,26). The molecule has 1 N–H and O–H groups in total. The van der Waals surface area contributed by atoms with Gasteiger partial charge in [0, 0.05) is 30.1 Å². The zero-order chi connectivity index (χ0) is 19.8. The third kappa shape index (κ3) is 6.77. The summed E-state index contributed by atoms with van der Waals surface area (Å²) in [6.07, 6.45) is 1.98. The maximum absolute atomic E-state index is 12.1. The van der Waals surface area contributed by atoms with Crippen molar-refractivity contribution in [3.05, 3.63) is 70.2 Å². The van der Waals surface area contributed by atoms with Gasteiger partial charge in [0.25, 0.3) is 5.91 Å². The van der Waals surface area contributed by atoms with E-state index in [2.05, 4.69) is 50.4 Å². The van der Waals surface area contributed by atoms with Crippen molar-refractivity contribution in [2.45, 2.75) is 31.8 Å². The summed E-state index contributed by atoms with van der Waals surface area (Å²) in [7, 11) is 0. The van der Waals surface area contributed by atoms with Crippen LogP contribution in [0.15, 0.2) is 59.1 Å². The van der Waals surface area contributed by atoms with Gasteiger partial charge in [0.15, 0.2) is 6.61 Å². The molecule has 2 aromatic carbocycles. The first kappa shape index (κ1) is 20.6. The Bertz CT molecular complexity index is 772. The molecule has 0 atom stereocenters. The molecule has 0 aliphatic carbocycles. The number of ether oxygens (including phenoxy) is 1. The molecule has 1 amide bonds. The molecule has 6 heteroatoms. The van der Waals surface area contributed by atoms with Crippen molar-refractivity contribution in [3.8, 4) is 0 Å². The average Bonchev–Trinajstić information content (AvgIpc) is 2.70. The fraction of sp³-hybridized carbons (Fsp3) is 0.364. The molecule has 0 saturated carbocycles. The summed E-state index contributed by atoms with van der Waals surface area (Å²) in [6, 6.07) is 18.0. The highest BCUT2D eigenvalue weighted by molar-refractivity contribution is 9.10. The van der Waals surface area contributed by atoms with Crippen LogP contribution in [0.4, 0.5) is 0 Å². The van der Waals surface area contributed by atoms with Crippen LogP contribution in [0.5, 0.6) is 0 Å². The number of halogens is 1. The fourth-order valence-corrected chi connectivity index (χ4v) is 3.58. The van der Waals surface area contributed by atoms with Gasteiger partial charge in [0.2, 0.25) is 0 Å². The Morgan fingerprint density at radius 3 is 2.36 bits per heavy atom. The zero-order valence-electron chi connectivity index (χ0n) is 15.8. The lowest BCUT2D eigenvalue weighted by atomic mass is 10.0. The number of rotatable bonds is 7. The monoisotopic (exact) mass is 444 g/mol. The van der Waals surface area contributed by atoms with E-state index in [1.54, 1.807) is 0 Å². The summed E-state index contributed by atoms with van der Waals surface area (Å²) in [4.78, 5) is 26.4. The van der Waals surface area contributed by atoms with Crippen LogP contribution >= 0.6 is 15.9 Å². The van der Waals surface area contributed by atoms with Gasteiger partial charge in [-0.2, -0.15) is 0 Å². The molecule has 1 heterocycles.